The number of carbonyl (C=O) groups is 1. The van der Waals surface area contributed by atoms with Crippen molar-refractivity contribution in [3.63, 3.8) is 0 Å². The number of carbonyl (C=O) groups excluding carboxylic acids is 1. The molecular formula is C17H36Cl2N4O2. The van der Waals surface area contributed by atoms with Crippen LogP contribution in [-0.4, -0.2) is 88.3 Å². The van der Waals surface area contributed by atoms with Gasteiger partial charge in [-0.15, -0.1) is 24.8 Å². The predicted octanol–water partition coefficient (Wildman–Crippen LogP) is 0.988. The summed E-state index contributed by atoms with van der Waals surface area (Å²) in [5, 5.41) is 6.45. The summed E-state index contributed by atoms with van der Waals surface area (Å²) < 4.78 is 5.59. The maximum atomic E-state index is 12.6. The predicted molar refractivity (Wildman–Crippen MR) is 107 cm³/mol. The molecule has 2 fully saturated rings. The number of hydrogen-bond donors (Lipinski definition) is 2. The summed E-state index contributed by atoms with van der Waals surface area (Å²) in [4.78, 5) is 17.3. The van der Waals surface area contributed by atoms with E-state index in [1.807, 2.05) is 0 Å². The molecule has 1 amide bonds. The van der Waals surface area contributed by atoms with Crippen molar-refractivity contribution in [1.82, 2.24) is 20.4 Å². The second-order valence-corrected chi connectivity index (χ2v) is 7.25. The lowest BCUT2D eigenvalue weighted by Gasteiger charge is -2.36. The van der Waals surface area contributed by atoms with Gasteiger partial charge in [0.1, 0.15) is 5.60 Å². The number of nitrogens with zero attached hydrogens (tertiary/aromatic N) is 2. The van der Waals surface area contributed by atoms with Crippen LogP contribution in [0.2, 0.25) is 0 Å². The number of halogens is 2. The van der Waals surface area contributed by atoms with Crippen LogP contribution in [0, 0.1) is 5.92 Å². The van der Waals surface area contributed by atoms with Gasteiger partial charge in [-0.25, -0.2) is 0 Å². The summed E-state index contributed by atoms with van der Waals surface area (Å²) in [6, 6.07) is 0. The smallest absolute Gasteiger partial charge is 0.252 e. The van der Waals surface area contributed by atoms with Crippen molar-refractivity contribution in [2.24, 2.45) is 5.92 Å². The Labute approximate surface area is 165 Å². The van der Waals surface area contributed by atoms with Crippen LogP contribution in [0.4, 0.5) is 0 Å². The number of hydrogen-bond acceptors (Lipinski definition) is 5. The topological polar surface area (TPSA) is 56.8 Å². The highest BCUT2D eigenvalue weighted by Crippen LogP contribution is 2.23. The van der Waals surface area contributed by atoms with E-state index >= 15 is 0 Å². The van der Waals surface area contributed by atoms with Crippen molar-refractivity contribution in [1.29, 1.82) is 0 Å². The molecule has 6 nitrogen and oxygen atoms in total. The zero-order chi connectivity index (χ0) is 16.7. The minimum atomic E-state index is -0.613. The number of piperidine rings is 2. The monoisotopic (exact) mass is 398 g/mol. The molecule has 2 heterocycles. The van der Waals surface area contributed by atoms with Crippen LogP contribution in [0.3, 0.4) is 0 Å². The molecule has 2 rings (SSSR count). The molecule has 0 aromatic rings. The quantitative estimate of drug-likeness (QED) is 0.669. The molecule has 150 valence electrons. The van der Waals surface area contributed by atoms with Gasteiger partial charge < -0.3 is 25.2 Å². The van der Waals surface area contributed by atoms with Crippen LogP contribution in [0.1, 0.15) is 25.7 Å². The van der Waals surface area contributed by atoms with Crippen molar-refractivity contribution in [3.05, 3.63) is 0 Å². The lowest BCUT2D eigenvalue weighted by molar-refractivity contribution is -0.147. The largest absolute Gasteiger partial charge is 0.368 e. The van der Waals surface area contributed by atoms with Crippen LogP contribution in [0.15, 0.2) is 0 Å². The Kier molecular flexibility index (Phi) is 12.3. The van der Waals surface area contributed by atoms with Crippen molar-refractivity contribution >= 4 is 30.7 Å². The first-order valence-corrected chi connectivity index (χ1v) is 8.97. The van der Waals surface area contributed by atoms with E-state index in [1.165, 1.54) is 12.8 Å². The molecule has 0 spiro atoms. The molecule has 0 radical (unpaired) electrons. The summed E-state index contributed by atoms with van der Waals surface area (Å²) >= 11 is 0. The molecule has 2 aliphatic rings. The zero-order valence-corrected chi connectivity index (χ0v) is 17.5. The van der Waals surface area contributed by atoms with Crippen LogP contribution in [0.25, 0.3) is 0 Å². The van der Waals surface area contributed by atoms with E-state index in [1.54, 1.807) is 7.11 Å². The molecule has 0 atom stereocenters. The Balaban J connectivity index is 0.00000288. The summed E-state index contributed by atoms with van der Waals surface area (Å²) in [5.74, 6) is 0.682. The van der Waals surface area contributed by atoms with Gasteiger partial charge in [0.15, 0.2) is 0 Å². The zero-order valence-electron chi connectivity index (χ0n) is 15.9. The average molecular weight is 399 g/mol. The van der Waals surface area contributed by atoms with Gasteiger partial charge in [-0.2, -0.15) is 0 Å². The van der Waals surface area contributed by atoms with Gasteiger partial charge in [0.05, 0.1) is 0 Å². The number of likely N-dealkylation sites (N-methyl/N-ethyl adjacent to an activating group) is 1. The van der Waals surface area contributed by atoms with Gasteiger partial charge in [-0.05, 0) is 71.9 Å². The Morgan fingerprint density at radius 1 is 1.24 bits per heavy atom. The molecule has 0 aromatic heterocycles. The first kappa shape index (κ1) is 24.9. The molecule has 0 bridgehead atoms. The number of nitrogens with one attached hydrogen (secondary N) is 2. The number of likely N-dealkylation sites (tertiary alicyclic amines) is 1. The first-order chi connectivity index (χ1) is 11.1. The Bertz CT molecular complexity index is 372. The Morgan fingerprint density at radius 3 is 2.36 bits per heavy atom. The molecule has 8 heteroatoms. The van der Waals surface area contributed by atoms with Crippen LogP contribution in [0.5, 0.6) is 0 Å². The van der Waals surface area contributed by atoms with E-state index in [9.17, 15) is 4.79 Å². The molecule has 2 saturated heterocycles. The second kappa shape index (κ2) is 12.3. The lowest BCUT2D eigenvalue weighted by Crippen LogP contribution is -2.55. The molecule has 0 aromatic carbocycles. The molecule has 0 unspecified atom stereocenters. The third-order valence-electron chi connectivity index (χ3n) is 5.34. The summed E-state index contributed by atoms with van der Waals surface area (Å²) in [7, 11) is 5.90. The minimum Gasteiger partial charge on any atom is -0.368 e. The number of amides is 1. The summed E-state index contributed by atoms with van der Waals surface area (Å²) in [5.41, 5.74) is -0.613. The highest BCUT2D eigenvalue weighted by Gasteiger charge is 2.39. The van der Waals surface area contributed by atoms with E-state index in [-0.39, 0.29) is 30.7 Å². The van der Waals surface area contributed by atoms with E-state index in [0.29, 0.717) is 5.92 Å². The van der Waals surface area contributed by atoms with Gasteiger partial charge in [-0.1, -0.05) is 0 Å². The minimum absolute atomic E-state index is 0. The summed E-state index contributed by atoms with van der Waals surface area (Å²) in [6.07, 6.45) is 3.88. The molecule has 2 aliphatic heterocycles. The van der Waals surface area contributed by atoms with Crippen molar-refractivity contribution < 1.29 is 9.53 Å². The molecule has 0 saturated carbocycles. The van der Waals surface area contributed by atoms with Crippen molar-refractivity contribution in [3.8, 4) is 0 Å². The lowest BCUT2D eigenvalue weighted by atomic mass is 9.90. The fourth-order valence-electron chi connectivity index (χ4n) is 3.51. The van der Waals surface area contributed by atoms with Crippen molar-refractivity contribution in [2.45, 2.75) is 31.3 Å². The number of methoxy groups -OCH3 is 1. The third kappa shape index (κ3) is 7.57. The first-order valence-electron chi connectivity index (χ1n) is 8.97. The van der Waals surface area contributed by atoms with Gasteiger partial charge in [0, 0.05) is 26.7 Å². The maximum absolute atomic E-state index is 12.6. The van der Waals surface area contributed by atoms with Gasteiger partial charge in [-0.3, -0.25) is 4.79 Å². The number of rotatable bonds is 7. The van der Waals surface area contributed by atoms with Gasteiger partial charge in [0.25, 0.3) is 5.91 Å². The third-order valence-corrected chi connectivity index (χ3v) is 5.34. The standard InChI is InChI=1S/C17H34N4O2.2ClH/c1-20(2)12-13-21-10-4-15(5-11-21)14-19-16(22)17(23-3)6-8-18-9-7-17;;/h15,18H,4-14H2,1-3H3,(H,19,22);2*1H. The SMILES string of the molecule is COC1(C(=O)NCC2CCN(CCN(C)C)CC2)CCNCC1.Cl.Cl. The highest BCUT2D eigenvalue weighted by atomic mass is 35.5. The highest BCUT2D eigenvalue weighted by molar-refractivity contribution is 5.86. The van der Waals surface area contributed by atoms with E-state index in [2.05, 4.69) is 34.5 Å². The molecule has 2 N–H and O–H groups in total. The van der Waals surface area contributed by atoms with E-state index < -0.39 is 5.60 Å². The van der Waals surface area contributed by atoms with E-state index in [4.69, 9.17) is 4.74 Å². The number of ether oxygens (including phenoxy) is 1. The van der Waals surface area contributed by atoms with Crippen molar-refractivity contribution in [2.75, 3.05) is 67.0 Å². The molecule has 0 aliphatic carbocycles. The summed E-state index contributed by atoms with van der Waals surface area (Å²) in [6.45, 7) is 7.05. The maximum Gasteiger partial charge on any atom is 0.252 e. The Morgan fingerprint density at radius 2 is 1.84 bits per heavy atom. The fraction of sp³-hybridized carbons (Fsp3) is 0.941. The fourth-order valence-corrected chi connectivity index (χ4v) is 3.51. The van der Waals surface area contributed by atoms with Crippen LogP contribution >= 0.6 is 24.8 Å². The van der Waals surface area contributed by atoms with Gasteiger partial charge >= 0.3 is 0 Å². The second-order valence-electron chi connectivity index (χ2n) is 7.25. The normalized spacial score (nSPS) is 21.3. The van der Waals surface area contributed by atoms with Crippen LogP contribution < -0.4 is 10.6 Å². The average Bonchev–Trinajstić information content (AvgIpc) is 2.59. The molecule has 25 heavy (non-hydrogen) atoms. The Hall–Kier alpha value is -0.110. The van der Waals surface area contributed by atoms with Gasteiger partial charge in [0.2, 0.25) is 0 Å². The van der Waals surface area contributed by atoms with E-state index in [0.717, 1.165) is 58.7 Å². The van der Waals surface area contributed by atoms with Crippen LogP contribution in [-0.2, 0) is 9.53 Å². The molecular weight excluding hydrogens is 363 g/mol.